The van der Waals surface area contributed by atoms with Gasteiger partial charge in [0.15, 0.2) is 0 Å². The van der Waals surface area contributed by atoms with Crippen LogP contribution in [0.2, 0.25) is 0 Å². The van der Waals surface area contributed by atoms with Crippen molar-refractivity contribution in [3.8, 4) is 0 Å². The fourth-order valence-electron chi connectivity index (χ4n) is 2.04. The van der Waals surface area contributed by atoms with Gasteiger partial charge in [0.05, 0.1) is 0 Å². The Labute approximate surface area is 146 Å². The van der Waals surface area contributed by atoms with E-state index >= 15 is 0 Å². The maximum absolute atomic E-state index is 12.3. The molecule has 25 heavy (non-hydrogen) atoms. The Morgan fingerprint density at radius 3 is 2.20 bits per heavy atom. The summed E-state index contributed by atoms with van der Waals surface area (Å²) in [6.45, 7) is 3.19. The largest absolute Gasteiger partial charge is 0.446 e. The lowest BCUT2D eigenvalue weighted by Crippen LogP contribution is -2.13. The topological polar surface area (TPSA) is 58.2 Å². The first-order chi connectivity index (χ1) is 11.6. The normalized spacial score (nSPS) is 11.1. The molecule has 0 spiro atoms. The van der Waals surface area contributed by atoms with Crippen LogP contribution in [-0.2, 0) is 4.79 Å². The van der Waals surface area contributed by atoms with E-state index in [4.69, 9.17) is 0 Å². The number of halogens is 3. The standard InChI is InChI=1S/C17H15F3N2O2S/c1-10-3-6-13(9-15(10)21-11(2)23)22-16(24)12-4-7-14(8-5-12)25-17(18,19)20/h3-9H,1-2H3,(H,21,23)(H,22,24). The zero-order valence-corrected chi connectivity index (χ0v) is 14.2. The van der Waals surface area contributed by atoms with Gasteiger partial charge in [-0.05, 0) is 60.6 Å². The van der Waals surface area contributed by atoms with E-state index in [9.17, 15) is 22.8 Å². The molecule has 2 amide bonds. The molecule has 132 valence electrons. The third kappa shape index (κ3) is 5.82. The van der Waals surface area contributed by atoms with E-state index in [1.807, 2.05) is 6.92 Å². The van der Waals surface area contributed by atoms with E-state index in [2.05, 4.69) is 10.6 Å². The summed E-state index contributed by atoms with van der Waals surface area (Å²) < 4.78 is 36.9. The van der Waals surface area contributed by atoms with Crippen LogP contribution in [0.3, 0.4) is 0 Å². The van der Waals surface area contributed by atoms with Gasteiger partial charge in [-0.2, -0.15) is 13.2 Å². The molecule has 0 aliphatic carbocycles. The Morgan fingerprint density at radius 1 is 1.00 bits per heavy atom. The van der Waals surface area contributed by atoms with Gasteiger partial charge in [0.2, 0.25) is 5.91 Å². The van der Waals surface area contributed by atoms with Gasteiger partial charge in [-0.25, -0.2) is 0 Å². The molecule has 2 N–H and O–H groups in total. The Bertz CT molecular complexity index is 789. The number of benzene rings is 2. The second-order valence-corrected chi connectivity index (χ2v) is 6.38. The summed E-state index contributed by atoms with van der Waals surface area (Å²) in [6.07, 6.45) is 0. The van der Waals surface area contributed by atoms with Crippen molar-refractivity contribution >= 4 is 35.0 Å². The predicted molar refractivity (Wildman–Crippen MR) is 91.8 cm³/mol. The van der Waals surface area contributed by atoms with Crippen LogP contribution < -0.4 is 10.6 Å². The molecule has 0 aromatic heterocycles. The van der Waals surface area contributed by atoms with Crippen molar-refractivity contribution in [1.82, 2.24) is 0 Å². The fourth-order valence-corrected chi connectivity index (χ4v) is 2.57. The second-order valence-electron chi connectivity index (χ2n) is 5.24. The highest BCUT2D eigenvalue weighted by molar-refractivity contribution is 8.00. The summed E-state index contributed by atoms with van der Waals surface area (Å²) in [7, 11) is 0. The van der Waals surface area contributed by atoms with E-state index in [0.29, 0.717) is 11.4 Å². The molecule has 0 bridgehead atoms. The number of hydrogen-bond donors (Lipinski definition) is 2. The first kappa shape index (κ1) is 18.9. The first-order valence-electron chi connectivity index (χ1n) is 7.19. The number of carbonyl (C=O) groups excluding carboxylic acids is 2. The molecule has 0 atom stereocenters. The fraction of sp³-hybridized carbons (Fsp3) is 0.176. The van der Waals surface area contributed by atoms with Gasteiger partial charge in [0.1, 0.15) is 0 Å². The van der Waals surface area contributed by atoms with Crippen molar-refractivity contribution in [3.05, 3.63) is 53.6 Å². The molecule has 8 heteroatoms. The van der Waals surface area contributed by atoms with E-state index < -0.39 is 11.4 Å². The Balaban J connectivity index is 2.10. The van der Waals surface area contributed by atoms with E-state index in [1.165, 1.54) is 31.2 Å². The molecule has 0 radical (unpaired) electrons. The molecule has 2 aromatic carbocycles. The van der Waals surface area contributed by atoms with E-state index in [0.717, 1.165) is 5.56 Å². The minimum Gasteiger partial charge on any atom is -0.326 e. The number of carbonyl (C=O) groups is 2. The molecule has 0 fully saturated rings. The predicted octanol–water partition coefficient (Wildman–Crippen LogP) is 4.82. The molecule has 4 nitrogen and oxygen atoms in total. The average molecular weight is 368 g/mol. The summed E-state index contributed by atoms with van der Waals surface area (Å²) in [5.74, 6) is -0.689. The smallest absolute Gasteiger partial charge is 0.326 e. The lowest BCUT2D eigenvalue weighted by molar-refractivity contribution is -0.114. The molecule has 0 aliphatic heterocycles. The molecule has 2 aromatic rings. The number of rotatable bonds is 4. The number of anilines is 2. The maximum Gasteiger partial charge on any atom is 0.446 e. The average Bonchev–Trinajstić information content (AvgIpc) is 2.49. The highest BCUT2D eigenvalue weighted by Crippen LogP contribution is 2.36. The summed E-state index contributed by atoms with van der Waals surface area (Å²) in [6, 6.07) is 10.2. The summed E-state index contributed by atoms with van der Waals surface area (Å²) in [5, 5.41) is 5.30. The molecule has 0 aliphatic rings. The van der Waals surface area contributed by atoms with Crippen LogP contribution in [0, 0.1) is 6.92 Å². The van der Waals surface area contributed by atoms with Crippen LogP contribution in [0.4, 0.5) is 24.5 Å². The first-order valence-corrected chi connectivity index (χ1v) is 8.01. The number of hydrogen-bond acceptors (Lipinski definition) is 3. The van der Waals surface area contributed by atoms with Gasteiger partial charge in [-0.1, -0.05) is 6.07 Å². The molecule has 0 heterocycles. The highest BCUT2D eigenvalue weighted by Gasteiger charge is 2.29. The summed E-state index contributed by atoms with van der Waals surface area (Å²) >= 11 is -0.238. The monoisotopic (exact) mass is 368 g/mol. The Hall–Kier alpha value is -2.48. The minimum absolute atomic E-state index is 0.00679. The summed E-state index contributed by atoms with van der Waals surface area (Å²) in [5.41, 5.74) is -2.27. The quantitative estimate of drug-likeness (QED) is 0.761. The minimum atomic E-state index is -4.37. The van der Waals surface area contributed by atoms with Gasteiger partial charge in [-0.15, -0.1) is 0 Å². The zero-order valence-electron chi connectivity index (χ0n) is 13.4. The maximum atomic E-state index is 12.3. The van der Waals surface area contributed by atoms with Crippen LogP contribution in [-0.4, -0.2) is 17.3 Å². The number of aryl methyl sites for hydroxylation is 1. The van der Waals surface area contributed by atoms with Crippen LogP contribution in [0.15, 0.2) is 47.4 Å². The van der Waals surface area contributed by atoms with Gasteiger partial charge in [0.25, 0.3) is 5.91 Å². The number of thioether (sulfide) groups is 1. The summed E-state index contributed by atoms with van der Waals surface area (Å²) in [4.78, 5) is 23.4. The molecule has 0 saturated heterocycles. The second kappa shape index (κ2) is 7.60. The zero-order chi connectivity index (χ0) is 18.6. The van der Waals surface area contributed by atoms with Crippen molar-refractivity contribution in [2.45, 2.75) is 24.3 Å². The van der Waals surface area contributed by atoms with Crippen LogP contribution >= 0.6 is 11.8 Å². The van der Waals surface area contributed by atoms with E-state index in [-0.39, 0.29) is 28.1 Å². The third-order valence-corrected chi connectivity index (χ3v) is 3.90. The lowest BCUT2D eigenvalue weighted by atomic mass is 10.1. The van der Waals surface area contributed by atoms with Gasteiger partial charge in [0, 0.05) is 28.8 Å². The number of alkyl halides is 3. The van der Waals surface area contributed by atoms with Gasteiger partial charge >= 0.3 is 5.51 Å². The van der Waals surface area contributed by atoms with E-state index in [1.54, 1.807) is 18.2 Å². The van der Waals surface area contributed by atoms with Crippen molar-refractivity contribution < 1.29 is 22.8 Å². The van der Waals surface area contributed by atoms with Crippen molar-refractivity contribution in [1.29, 1.82) is 0 Å². The van der Waals surface area contributed by atoms with Crippen LogP contribution in [0.25, 0.3) is 0 Å². The Kier molecular flexibility index (Phi) is 5.73. The molecule has 2 rings (SSSR count). The van der Waals surface area contributed by atoms with Crippen molar-refractivity contribution in [3.63, 3.8) is 0 Å². The SMILES string of the molecule is CC(=O)Nc1cc(NC(=O)c2ccc(SC(F)(F)F)cc2)ccc1C. The Morgan fingerprint density at radius 2 is 1.64 bits per heavy atom. The lowest BCUT2D eigenvalue weighted by Gasteiger charge is -2.11. The van der Waals surface area contributed by atoms with Crippen molar-refractivity contribution in [2.24, 2.45) is 0 Å². The number of nitrogens with one attached hydrogen (secondary N) is 2. The van der Waals surface area contributed by atoms with Crippen LogP contribution in [0.5, 0.6) is 0 Å². The van der Waals surface area contributed by atoms with Crippen molar-refractivity contribution in [2.75, 3.05) is 10.6 Å². The molecular formula is C17H15F3N2O2S. The molecule has 0 saturated carbocycles. The number of amides is 2. The highest BCUT2D eigenvalue weighted by atomic mass is 32.2. The van der Waals surface area contributed by atoms with Gasteiger partial charge in [-0.3, -0.25) is 9.59 Å². The van der Waals surface area contributed by atoms with Gasteiger partial charge < -0.3 is 10.6 Å². The third-order valence-electron chi connectivity index (χ3n) is 3.16. The molecule has 0 unspecified atom stereocenters. The van der Waals surface area contributed by atoms with Crippen LogP contribution in [0.1, 0.15) is 22.8 Å². The molecular weight excluding hydrogens is 353 g/mol.